The number of ether oxygens (including phenoxy) is 3. The highest BCUT2D eigenvalue weighted by molar-refractivity contribution is 6.76. The molecule has 0 amide bonds. The van der Waals surface area contributed by atoms with Crippen LogP contribution in [0.1, 0.15) is 40.5 Å². The van der Waals surface area contributed by atoms with Crippen LogP contribution >= 0.6 is 34.8 Å². The Bertz CT molecular complexity index is 3540. The Kier molecular flexibility index (Phi) is 15.8. The van der Waals surface area contributed by atoms with E-state index in [1.807, 2.05) is 88.4 Å². The summed E-state index contributed by atoms with van der Waals surface area (Å²) in [5, 5.41) is 13.1. The van der Waals surface area contributed by atoms with Crippen LogP contribution in [0.25, 0.3) is 66.1 Å². The number of hydrogen-bond donors (Lipinski definition) is 0. The second-order valence-corrected chi connectivity index (χ2v) is 35.3. The lowest BCUT2D eigenvalue weighted by Gasteiger charge is -2.42. The Labute approximate surface area is 455 Å². The topological polar surface area (TPSA) is 146 Å². The average Bonchev–Trinajstić information content (AvgIpc) is 4.22. The molecule has 1 spiro atoms. The molecule has 2 aromatic carbocycles. The van der Waals surface area contributed by atoms with Gasteiger partial charge >= 0.3 is 0 Å². The summed E-state index contributed by atoms with van der Waals surface area (Å²) >= 11 is 20.1. The van der Waals surface area contributed by atoms with E-state index in [9.17, 15) is 9.59 Å². The van der Waals surface area contributed by atoms with E-state index in [-0.39, 0.29) is 34.7 Å². The van der Waals surface area contributed by atoms with Gasteiger partial charge in [-0.1, -0.05) is 81.5 Å². The van der Waals surface area contributed by atoms with Gasteiger partial charge in [0.1, 0.15) is 13.5 Å². The molecule has 0 N–H and O–H groups in total. The van der Waals surface area contributed by atoms with Crippen LogP contribution in [0.2, 0.25) is 66.7 Å². The van der Waals surface area contributed by atoms with Crippen LogP contribution in [0.4, 0.5) is 5.95 Å². The summed E-state index contributed by atoms with van der Waals surface area (Å²) in [7, 11) is 0.990. The van der Waals surface area contributed by atoms with Gasteiger partial charge in [-0.3, -0.25) is 28.1 Å². The zero-order valence-electron chi connectivity index (χ0n) is 45.6. The summed E-state index contributed by atoms with van der Waals surface area (Å²) in [5.74, 6) is 1.22. The second kappa shape index (κ2) is 21.6. The van der Waals surface area contributed by atoms with Crippen molar-refractivity contribution in [1.29, 1.82) is 0 Å². The predicted octanol–water partition coefficient (Wildman–Crippen LogP) is 11.8. The van der Waals surface area contributed by atoms with Crippen LogP contribution in [0.3, 0.4) is 0 Å². The summed E-state index contributed by atoms with van der Waals surface area (Å²) in [6, 6.07) is 9.88. The number of piperidine rings is 1. The summed E-state index contributed by atoms with van der Waals surface area (Å²) in [4.78, 5) is 39.3. The number of rotatable bonds is 15. The third-order valence-electron chi connectivity index (χ3n) is 15.5. The molecule has 2 saturated heterocycles. The first-order valence-electron chi connectivity index (χ1n) is 26.2. The molecule has 2 fully saturated rings. The van der Waals surface area contributed by atoms with Gasteiger partial charge in [-0.05, 0) is 75.4 Å². The monoisotopic (exact) mass is 1120 g/mol. The molecule has 21 heteroatoms. The number of halogens is 3. The van der Waals surface area contributed by atoms with Crippen LogP contribution in [-0.2, 0) is 54.9 Å². The van der Waals surface area contributed by atoms with Crippen molar-refractivity contribution >= 4 is 101 Å². The summed E-state index contributed by atoms with van der Waals surface area (Å²) < 4.78 is 28.8. The summed E-state index contributed by atoms with van der Waals surface area (Å²) in [5.41, 5.74) is 5.69. The zero-order valence-corrected chi connectivity index (χ0v) is 49.8. The molecule has 0 radical (unpaired) electrons. The molecular weight excluding hydrogens is 1050 g/mol. The lowest BCUT2D eigenvalue weighted by molar-refractivity contribution is 0.0898. The molecule has 2 aliphatic heterocycles. The van der Waals surface area contributed by atoms with Gasteiger partial charge in [0.25, 0.3) is 11.1 Å². The molecule has 402 valence electrons. The van der Waals surface area contributed by atoms with Crippen LogP contribution in [0, 0.1) is 11.3 Å². The fraction of sp³-hybridized carbons (Fsp3) is 0.519. The molecule has 75 heavy (non-hydrogen) atoms. The number of aryl methyl sites for hydroxylation is 2. The SMILES string of the molecule is CCn1cc2c(Cl)c(-c3cn(COCC[Si](C)(C)C)c4nc(Cl)n(C)c(=O)c34)ccc2n1.CCn1cc2c(Cl)c(-c3cn(COCC[Si](C)(C)C)c4nc(N5CCC6(CC5)CO[C@@H](C)[C@H]6C)n(C)c(=O)c34)ccc2n1. The Morgan fingerprint density at radius 2 is 1.13 bits per heavy atom. The molecule has 8 aromatic rings. The quantitative estimate of drug-likeness (QED) is 0.0552. The van der Waals surface area contributed by atoms with Gasteiger partial charge < -0.3 is 28.2 Å². The number of benzene rings is 2. The third-order valence-corrected chi connectivity index (χ3v) is 20.0. The third kappa shape index (κ3) is 10.9. The molecule has 2 atom stereocenters. The van der Waals surface area contributed by atoms with E-state index < -0.39 is 16.1 Å². The Morgan fingerprint density at radius 3 is 1.57 bits per heavy atom. The van der Waals surface area contributed by atoms with Crippen molar-refractivity contribution in [2.24, 2.45) is 25.4 Å². The largest absolute Gasteiger partial charge is 0.378 e. The lowest BCUT2D eigenvalue weighted by atomic mass is 9.70. The van der Waals surface area contributed by atoms with Crippen LogP contribution < -0.4 is 16.0 Å². The first-order valence-corrected chi connectivity index (χ1v) is 34.8. The molecule has 8 heterocycles. The van der Waals surface area contributed by atoms with Crippen molar-refractivity contribution in [2.45, 2.75) is 125 Å². The molecule has 2 aliphatic rings. The standard InChI is InChI=1S/C32H45ClN6O3Si.C22H27Cl2N5O2Si/c1-8-39-18-25-26(35-39)10-9-23(28(25)33)24-17-38(20-41-15-16-43(5,6)7)29-27(24)30(40)36(4)31(34-29)37-13-11-32(12-14-37)19-42-22(3)21(32)2;1-6-29-12-16-17(26-29)8-7-14(19(16)23)15-11-28(13-31-9-10-32(3,4)5)20-18(15)21(30)27(2)22(24)25-20/h9-10,17-18,21-22H,8,11-16,19-20H2,1-7H3;7-8,11-12H,6,9-10,13H2,1-5H3/t21-,22+;/m1./s1. The maximum absolute atomic E-state index is 14.2. The van der Waals surface area contributed by atoms with Crippen molar-refractivity contribution in [1.82, 2.24) is 47.8 Å². The highest BCUT2D eigenvalue weighted by Crippen LogP contribution is 2.47. The van der Waals surface area contributed by atoms with E-state index in [0.717, 1.165) is 96.2 Å². The highest BCUT2D eigenvalue weighted by atomic mass is 35.5. The van der Waals surface area contributed by atoms with Gasteiger partial charge in [0.15, 0.2) is 11.3 Å². The second-order valence-electron chi connectivity index (χ2n) is 23.0. The fourth-order valence-corrected chi connectivity index (χ4v) is 12.6. The molecule has 6 aromatic heterocycles. The summed E-state index contributed by atoms with van der Waals surface area (Å²) in [6.45, 7) is 28.5. The van der Waals surface area contributed by atoms with Gasteiger partial charge in [0.2, 0.25) is 11.2 Å². The number of hydrogen-bond acceptors (Lipinski definition) is 10. The van der Waals surface area contributed by atoms with Crippen molar-refractivity contribution < 1.29 is 14.2 Å². The number of fused-ring (bicyclic) bond motifs is 4. The van der Waals surface area contributed by atoms with E-state index in [1.165, 1.54) is 4.57 Å². The smallest absolute Gasteiger partial charge is 0.264 e. The van der Waals surface area contributed by atoms with Crippen molar-refractivity contribution in [3.63, 3.8) is 0 Å². The normalized spacial score (nSPS) is 17.1. The molecule has 0 bridgehead atoms. The van der Waals surface area contributed by atoms with Crippen LogP contribution in [0.5, 0.6) is 0 Å². The van der Waals surface area contributed by atoms with Crippen LogP contribution in [-0.4, -0.2) is 103 Å². The first-order chi connectivity index (χ1) is 35.5. The highest BCUT2D eigenvalue weighted by Gasteiger charge is 2.47. The minimum absolute atomic E-state index is 0.0808. The lowest BCUT2D eigenvalue weighted by Crippen LogP contribution is -2.45. The van der Waals surface area contributed by atoms with E-state index in [1.54, 1.807) is 11.6 Å². The predicted molar refractivity (Wildman–Crippen MR) is 310 cm³/mol. The molecule has 0 saturated carbocycles. The summed E-state index contributed by atoms with van der Waals surface area (Å²) in [6.07, 6.45) is 10.1. The Hall–Kier alpha value is -4.80. The molecule has 16 nitrogen and oxygen atoms in total. The molecular formula is C54H72Cl3N11O5Si2. The maximum Gasteiger partial charge on any atom is 0.264 e. The van der Waals surface area contributed by atoms with Gasteiger partial charge in [-0.2, -0.15) is 15.2 Å². The van der Waals surface area contributed by atoms with Gasteiger partial charge in [0, 0.05) is 133 Å². The average molecular weight is 1120 g/mol. The zero-order chi connectivity index (χ0) is 53.9. The van der Waals surface area contributed by atoms with Crippen LogP contribution in [0.15, 0.2) is 58.6 Å². The van der Waals surface area contributed by atoms with E-state index in [4.69, 9.17) is 54.0 Å². The van der Waals surface area contributed by atoms with Crippen molar-refractivity contribution in [3.05, 3.63) is 85.1 Å². The minimum atomic E-state index is -1.25. The van der Waals surface area contributed by atoms with Gasteiger partial charge in [-0.25, -0.2) is 4.98 Å². The van der Waals surface area contributed by atoms with E-state index in [2.05, 4.69) is 73.2 Å². The Morgan fingerprint density at radius 1 is 0.667 bits per heavy atom. The number of aromatic nitrogens is 10. The van der Waals surface area contributed by atoms with Crippen molar-refractivity contribution in [3.8, 4) is 22.3 Å². The Balaban J connectivity index is 0.000000192. The molecule has 0 aliphatic carbocycles. The van der Waals surface area contributed by atoms with E-state index in [0.29, 0.717) is 69.5 Å². The number of anilines is 1. The van der Waals surface area contributed by atoms with E-state index >= 15 is 0 Å². The van der Waals surface area contributed by atoms with Gasteiger partial charge in [0.05, 0.1) is 44.6 Å². The maximum atomic E-state index is 14.2. The first kappa shape index (κ1) is 55.0. The minimum Gasteiger partial charge on any atom is -0.378 e. The molecule has 10 rings (SSSR count). The van der Waals surface area contributed by atoms with Gasteiger partial charge in [-0.15, -0.1) is 0 Å². The molecule has 0 unspecified atom stereocenters. The van der Waals surface area contributed by atoms with Crippen molar-refractivity contribution in [2.75, 3.05) is 37.8 Å². The fourth-order valence-electron chi connectivity index (χ4n) is 10.3. The number of nitrogens with zero attached hydrogens (tertiary/aromatic N) is 11.